The first kappa shape index (κ1) is 15.3. The van der Waals surface area contributed by atoms with Gasteiger partial charge in [0, 0.05) is 5.56 Å². The first-order valence-electron chi connectivity index (χ1n) is 5.89. The van der Waals surface area contributed by atoms with Gasteiger partial charge in [0.15, 0.2) is 0 Å². The first-order chi connectivity index (χ1) is 9.97. The molecular formula is C13H13BrN2O5. The number of hydrogen-bond acceptors (Lipinski definition) is 6. The highest BCUT2D eigenvalue weighted by molar-refractivity contribution is 9.10. The van der Waals surface area contributed by atoms with Gasteiger partial charge in [-0.15, -0.1) is 0 Å². The normalized spacial score (nSPS) is 12.0. The number of furan rings is 1. The summed E-state index contributed by atoms with van der Waals surface area (Å²) in [5.74, 6) is 1.00. The summed E-state index contributed by atoms with van der Waals surface area (Å²) in [6.07, 6.45) is 0. The van der Waals surface area contributed by atoms with E-state index in [2.05, 4.69) is 15.9 Å². The topological polar surface area (TPSA) is 101 Å². The molecule has 0 amide bonds. The van der Waals surface area contributed by atoms with Crippen molar-refractivity contribution in [3.63, 3.8) is 0 Å². The lowest BCUT2D eigenvalue weighted by Crippen LogP contribution is -2.12. The molecule has 21 heavy (non-hydrogen) atoms. The van der Waals surface area contributed by atoms with Crippen LogP contribution in [0.3, 0.4) is 0 Å². The molecule has 1 aromatic carbocycles. The first-order valence-corrected chi connectivity index (χ1v) is 6.68. The number of ether oxygens (including phenoxy) is 2. The van der Waals surface area contributed by atoms with E-state index in [1.807, 2.05) is 0 Å². The zero-order valence-electron chi connectivity index (χ0n) is 11.3. The molecule has 1 aromatic heterocycles. The van der Waals surface area contributed by atoms with Crippen LogP contribution in [0, 0.1) is 10.1 Å². The minimum absolute atomic E-state index is 0.268. The van der Waals surface area contributed by atoms with Crippen molar-refractivity contribution < 1.29 is 18.8 Å². The molecule has 0 aliphatic carbocycles. The summed E-state index contributed by atoms with van der Waals surface area (Å²) in [6, 6.07) is 5.43. The van der Waals surface area contributed by atoms with Gasteiger partial charge in [-0.2, -0.15) is 0 Å². The Balaban J connectivity index is 2.45. The Morgan fingerprint density at radius 3 is 2.48 bits per heavy atom. The molecule has 0 radical (unpaired) electrons. The smallest absolute Gasteiger partial charge is 0.433 e. The third-order valence-electron chi connectivity index (χ3n) is 2.94. The number of halogens is 1. The van der Waals surface area contributed by atoms with Gasteiger partial charge < -0.3 is 19.6 Å². The highest BCUT2D eigenvalue weighted by atomic mass is 79.9. The Hall–Kier alpha value is -2.06. The number of nitro groups is 1. The molecule has 8 heteroatoms. The van der Waals surface area contributed by atoms with Crippen molar-refractivity contribution in [1.29, 1.82) is 0 Å². The van der Waals surface area contributed by atoms with Crippen LogP contribution in [0.5, 0.6) is 11.5 Å². The minimum atomic E-state index is -0.712. The molecule has 0 fully saturated rings. The highest BCUT2D eigenvalue weighted by Crippen LogP contribution is 2.37. The fraction of sp³-hybridized carbons (Fsp3) is 0.231. The summed E-state index contributed by atoms with van der Waals surface area (Å²) in [6.45, 7) is 0. The van der Waals surface area contributed by atoms with Crippen LogP contribution < -0.4 is 15.2 Å². The SMILES string of the molecule is COc1cc(C(N)c2ccc([N+](=O)[O-])o2)c(OC)cc1Br. The number of hydrogen-bond donors (Lipinski definition) is 1. The van der Waals surface area contributed by atoms with E-state index in [1.165, 1.54) is 26.4 Å². The predicted molar refractivity (Wildman–Crippen MR) is 78.6 cm³/mol. The lowest BCUT2D eigenvalue weighted by molar-refractivity contribution is -0.402. The summed E-state index contributed by atoms with van der Waals surface area (Å²) >= 11 is 3.35. The van der Waals surface area contributed by atoms with E-state index < -0.39 is 11.0 Å². The maximum absolute atomic E-state index is 10.7. The molecule has 0 saturated carbocycles. The van der Waals surface area contributed by atoms with Gasteiger partial charge in [-0.1, -0.05) is 0 Å². The quantitative estimate of drug-likeness (QED) is 0.652. The zero-order valence-corrected chi connectivity index (χ0v) is 12.9. The molecule has 0 aliphatic rings. The third kappa shape index (κ3) is 3.01. The summed E-state index contributed by atoms with van der Waals surface area (Å²) in [5.41, 5.74) is 6.71. The number of rotatable bonds is 5. The number of nitrogens with two attached hydrogens (primary N) is 1. The van der Waals surface area contributed by atoms with E-state index in [0.29, 0.717) is 21.5 Å². The molecule has 1 atom stereocenters. The van der Waals surface area contributed by atoms with Crippen LogP contribution >= 0.6 is 15.9 Å². The maximum atomic E-state index is 10.7. The summed E-state index contributed by atoms with van der Waals surface area (Å²) < 4.78 is 16.3. The van der Waals surface area contributed by atoms with Gasteiger partial charge in [0.05, 0.1) is 30.8 Å². The Morgan fingerprint density at radius 1 is 1.29 bits per heavy atom. The van der Waals surface area contributed by atoms with Crippen LogP contribution in [-0.2, 0) is 0 Å². The highest BCUT2D eigenvalue weighted by Gasteiger charge is 2.22. The molecule has 2 aromatic rings. The molecule has 0 saturated heterocycles. The maximum Gasteiger partial charge on any atom is 0.433 e. The van der Waals surface area contributed by atoms with Crippen molar-refractivity contribution in [3.05, 3.63) is 50.2 Å². The van der Waals surface area contributed by atoms with Crippen LogP contribution in [0.4, 0.5) is 5.88 Å². The molecule has 1 unspecified atom stereocenters. The van der Waals surface area contributed by atoms with Gasteiger partial charge in [-0.3, -0.25) is 10.1 Å². The van der Waals surface area contributed by atoms with E-state index in [0.717, 1.165) is 0 Å². The molecule has 2 rings (SSSR count). The standard InChI is InChI=1S/C13H13BrN2O5/c1-19-10-6-8(14)11(20-2)5-7(10)13(15)9-3-4-12(21-9)16(17)18/h3-6,13H,15H2,1-2H3. The molecule has 7 nitrogen and oxygen atoms in total. The minimum Gasteiger partial charge on any atom is -0.496 e. The Morgan fingerprint density at radius 2 is 1.95 bits per heavy atom. The number of benzene rings is 1. The van der Waals surface area contributed by atoms with Gasteiger partial charge in [0.25, 0.3) is 0 Å². The van der Waals surface area contributed by atoms with Crippen LogP contribution in [-0.4, -0.2) is 19.1 Å². The van der Waals surface area contributed by atoms with Crippen molar-refractivity contribution in [2.45, 2.75) is 6.04 Å². The van der Waals surface area contributed by atoms with Crippen molar-refractivity contribution >= 4 is 21.8 Å². The third-order valence-corrected chi connectivity index (χ3v) is 3.56. The second-order valence-corrected chi connectivity index (χ2v) is 4.99. The fourth-order valence-corrected chi connectivity index (χ4v) is 2.37. The summed E-state index contributed by atoms with van der Waals surface area (Å²) in [5, 5.41) is 10.7. The molecular weight excluding hydrogens is 344 g/mol. The summed E-state index contributed by atoms with van der Waals surface area (Å²) in [7, 11) is 3.04. The Bertz CT molecular complexity index is 671. The molecule has 112 valence electrons. The molecule has 0 bridgehead atoms. The summed E-state index contributed by atoms with van der Waals surface area (Å²) in [4.78, 5) is 10.0. The fourth-order valence-electron chi connectivity index (χ4n) is 1.89. The van der Waals surface area contributed by atoms with E-state index in [9.17, 15) is 10.1 Å². The van der Waals surface area contributed by atoms with Crippen LogP contribution in [0.1, 0.15) is 17.4 Å². The monoisotopic (exact) mass is 356 g/mol. The zero-order chi connectivity index (χ0) is 15.6. The van der Waals surface area contributed by atoms with Gasteiger partial charge in [-0.05, 0) is 34.1 Å². The average molecular weight is 357 g/mol. The van der Waals surface area contributed by atoms with Crippen LogP contribution in [0.2, 0.25) is 0 Å². The lowest BCUT2D eigenvalue weighted by atomic mass is 10.0. The van der Waals surface area contributed by atoms with E-state index in [-0.39, 0.29) is 11.6 Å². The number of nitrogens with zero attached hydrogens (tertiary/aromatic N) is 1. The Labute approximate surface area is 128 Å². The van der Waals surface area contributed by atoms with Crippen molar-refractivity contribution in [2.75, 3.05) is 14.2 Å². The van der Waals surface area contributed by atoms with E-state index in [4.69, 9.17) is 19.6 Å². The van der Waals surface area contributed by atoms with Gasteiger partial charge >= 0.3 is 5.88 Å². The van der Waals surface area contributed by atoms with Crippen LogP contribution in [0.15, 0.2) is 33.2 Å². The number of methoxy groups -OCH3 is 2. The largest absolute Gasteiger partial charge is 0.496 e. The molecule has 0 spiro atoms. The van der Waals surface area contributed by atoms with Gasteiger partial charge in [0.2, 0.25) is 0 Å². The van der Waals surface area contributed by atoms with Crippen molar-refractivity contribution in [3.8, 4) is 11.5 Å². The predicted octanol–water partition coefficient (Wildman–Crippen LogP) is 3.02. The molecule has 2 N–H and O–H groups in total. The molecule has 1 heterocycles. The van der Waals surface area contributed by atoms with Crippen molar-refractivity contribution in [2.24, 2.45) is 5.73 Å². The molecule has 0 aliphatic heterocycles. The van der Waals surface area contributed by atoms with E-state index >= 15 is 0 Å². The van der Waals surface area contributed by atoms with Crippen molar-refractivity contribution in [1.82, 2.24) is 0 Å². The average Bonchev–Trinajstić information content (AvgIpc) is 2.96. The Kier molecular flexibility index (Phi) is 4.49. The van der Waals surface area contributed by atoms with Gasteiger partial charge in [-0.25, -0.2) is 0 Å². The lowest BCUT2D eigenvalue weighted by Gasteiger charge is -2.16. The van der Waals surface area contributed by atoms with Crippen LogP contribution in [0.25, 0.3) is 0 Å². The van der Waals surface area contributed by atoms with E-state index in [1.54, 1.807) is 12.1 Å². The second kappa shape index (κ2) is 6.15. The van der Waals surface area contributed by atoms with Gasteiger partial charge in [0.1, 0.15) is 22.2 Å². The second-order valence-electron chi connectivity index (χ2n) is 4.14.